The molecule has 108 valence electrons. The molecule has 1 fully saturated rings. The molecule has 1 aliphatic heterocycles. The molecule has 0 radical (unpaired) electrons. The van der Waals surface area contributed by atoms with Crippen LogP contribution in [0.4, 0.5) is 0 Å². The number of nitrogens with two attached hydrogens (primary N) is 1. The minimum Gasteiger partial charge on any atom is -0.496 e. The molecular formula is C14H18N2O3S. The Balaban J connectivity index is 2.22. The monoisotopic (exact) mass is 294 g/mol. The number of morpholine rings is 1. The van der Waals surface area contributed by atoms with E-state index >= 15 is 0 Å². The minimum absolute atomic E-state index is 0.0879. The predicted octanol–water partition coefficient (Wildman–Crippen LogP) is 1.13. The van der Waals surface area contributed by atoms with E-state index in [-0.39, 0.29) is 17.0 Å². The average molecular weight is 294 g/mol. The molecule has 0 spiro atoms. The lowest BCUT2D eigenvalue weighted by Crippen LogP contribution is -2.50. The normalized spacial score (nSPS) is 18.7. The molecular weight excluding hydrogens is 276 g/mol. The molecule has 0 aromatic heterocycles. The first-order valence-electron chi connectivity index (χ1n) is 6.37. The quantitative estimate of drug-likeness (QED) is 0.847. The summed E-state index contributed by atoms with van der Waals surface area (Å²) in [5.41, 5.74) is 7.15. The fraction of sp³-hybridized carbons (Fsp3) is 0.429. The van der Waals surface area contributed by atoms with E-state index in [1.54, 1.807) is 18.1 Å². The van der Waals surface area contributed by atoms with Crippen LogP contribution in [-0.2, 0) is 4.74 Å². The number of carbonyl (C=O) groups is 1. The Morgan fingerprint density at radius 3 is 2.95 bits per heavy atom. The molecule has 1 aliphatic rings. The number of ether oxygens (including phenoxy) is 2. The highest BCUT2D eigenvalue weighted by Gasteiger charge is 2.28. The van der Waals surface area contributed by atoms with Crippen LogP contribution in [0.5, 0.6) is 5.75 Å². The summed E-state index contributed by atoms with van der Waals surface area (Å²) in [5, 5.41) is 0. The smallest absolute Gasteiger partial charge is 0.257 e. The standard InChI is InChI=1S/C14H18N2O3S/c1-9-3-4-11(18-2)10(7-9)14(17)16-5-6-19-12(8-16)13(15)20/h3-4,7,12H,5-6,8H2,1-2H3,(H2,15,20). The van der Waals surface area contributed by atoms with Gasteiger partial charge in [-0.15, -0.1) is 0 Å². The molecule has 0 bridgehead atoms. The van der Waals surface area contributed by atoms with Crippen molar-refractivity contribution < 1.29 is 14.3 Å². The molecule has 2 N–H and O–H groups in total. The van der Waals surface area contributed by atoms with Crippen molar-refractivity contribution in [3.05, 3.63) is 29.3 Å². The van der Waals surface area contributed by atoms with Crippen molar-refractivity contribution in [2.75, 3.05) is 26.8 Å². The summed E-state index contributed by atoms with van der Waals surface area (Å²) in [6.07, 6.45) is -0.376. The number of thiocarbonyl (C=S) groups is 1. The highest BCUT2D eigenvalue weighted by molar-refractivity contribution is 7.80. The Labute approximate surface area is 123 Å². The van der Waals surface area contributed by atoms with Gasteiger partial charge in [-0.05, 0) is 19.1 Å². The van der Waals surface area contributed by atoms with Gasteiger partial charge in [0.25, 0.3) is 5.91 Å². The Morgan fingerprint density at radius 2 is 2.30 bits per heavy atom. The van der Waals surface area contributed by atoms with E-state index in [9.17, 15) is 4.79 Å². The van der Waals surface area contributed by atoms with Gasteiger partial charge in [0.05, 0.1) is 25.8 Å². The van der Waals surface area contributed by atoms with Crippen LogP contribution in [0.25, 0.3) is 0 Å². The van der Waals surface area contributed by atoms with Crippen molar-refractivity contribution in [1.29, 1.82) is 0 Å². The van der Waals surface area contributed by atoms with Crippen molar-refractivity contribution in [3.63, 3.8) is 0 Å². The first-order valence-corrected chi connectivity index (χ1v) is 6.78. The number of benzene rings is 1. The number of amides is 1. The van der Waals surface area contributed by atoms with E-state index in [2.05, 4.69) is 0 Å². The van der Waals surface area contributed by atoms with Gasteiger partial charge < -0.3 is 20.1 Å². The number of nitrogens with zero attached hydrogens (tertiary/aromatic N) is 1. The van der Waals surface area contributed by atoms with Gasteiger partial charge in [-0.25, -0.2) is 0 Å². The lowest BCUT2D eigenvalue weighted by atomic mass is 10.1. The molecule has 2 rings (SSSR count). The average Bonchev–Trinajstić information content (AvgIpc) is 2.46. The number of methoxy groups -OCH3 is 1. The molecule has 1 atom stereocenters. The van der Waals surface area contributed by atoms with Crippen LogP contribution in [-0.4, -0.2) is 48.7 Å². The van der Waals surface area contributed by atoms with E-state index in [1.807, 2.05) is 19.1 Å². The molecule has 0 saturated carbocycles. The molecule has 20 heavy (non-hydrogen) atoms. The van der Waals surface area contributed by atoms with Gasteiger partial charge in [0.2, 0.25) is 0 Å². The molecule has 1 saturated heterocycles. The van der Waals surface area contributed by atoms with Crippen LogP contribution in [0.15, 0.2) is 18.2 Å². The maximum atomic E-state index is 12.6. The highest BCUT2D eigenvalue weighted by Crippen LogP contribution is 2.22. The largest absolute Gasteiger partial charge is 0.496 e. The minimum atomic E-state index is -0.376. The summed E-state index contributed by atoms with van der Waals surface area (Å²) in [7, 11) is 1.55. The van der Waals surface area contributed by atoms with Crippen molar-refractivity contribution >= 4 is 23.1 Å². The predicted molar refractivity (Wildman–Crippen MR) is 80.2 cm³/mol. The molecule has 5 nitrogen and oxygen atoms in total. The van der Waals surface area contributed by atoms with Crippen LogP contribution in [0.3, 0.4) is 0 Å². The maximum absolute atomic E-state index is 12.6. The molecule has 6 heteroatoms. The number of hydrogen-bond acceptors (Lipinski definition) is 4. The lowest BCUT2D eigenvalue weighted by molar-refractivity contribution is 0.00864. The number of hydrogen-bond donors (Lipinski definition) is 1. The van der Waals surface area contributed by atoms with Crippen LogP contribution in [0.1, 0.15) is 15.9 Å². The summed E-state index contributed by atoms with van der Waals surface area (Å²) >= 11 is 4.93. The molecule has 1 aromatic rings. The third-order valence-electron chi connectivity index (χ3n) is 3.26. The van der Waals surface area contributed by atoms with Crippen molar-refractivity contribution in [2.24, 2.45) is 5.73 Å². The van der Waals surface area contributed by atoms with Crippen LogP contribution < -0.4 is 10.5 Å². The van der Waals surface area contributed by atoms with Gasteiger partial charge >= 0.3 is 0 Å². The molecule has 1 amide bonds. The van der Waals surface area contributed by atoms with E-state index in [1.165, 1.54) is 0 Å². The zero-order valence-corrected chi connectivity index (χ0v) is 12.4. The maximum Gasteiger partial charge on any atom is 0.257 e. The fourth-order valence-electron chi connectivity index (χ4n) is 2.17. The Kier molecular flexibility index (Phi) is 4.57. The number of aryl methyl sites for hydroxylation is 1. The van der Waals surface area contributed by atoms with Gasteiger partial charge in [0, 0.05) is 6.54 Å². The second kappa shape index (κ2) is 6.19. The van der Waals surface area contributed by atoms with Crippen LogP contribution >= 0.6 is 12.2 Å². The Bertz CT molecular complexity index is 533. The topological polar surface area (TPSA) is 64.8 Å². The summed E-state index contributed by atoms with van der Waals surface area (Å²) in [6.45, 7) is 3.27. The van der Waals surface area contributed by atoms with E-state index in [0.717, 1.165) is 5.56 Å². The lowest BCUT2D eigenvalue weighted by Gasteiger charge is -2.32. The zero-order valence-electron chi connectivity index (χ0n) is 11.6. The highest BCUT2D eigenvalue weighted by atomic mass is 32.1. The van der Waals surface area contributed by atoms with E-state index < -0.39 is 0 Å². The summed E-state index contributed by atoms with van der Waals surface area (Å²) < 4.78 is 10.7. The molecule has 1 unspecified atom stereocenters. The molecule has 1 aromatic carbocycles. The first-order chi connectivity index (χ1) is 9.52. The summed E-state index contributed by atoms with van der Waals surface area (Å²) in [6, 6.07) is 5.53. The van der Waals surface area contributed by atoms with Crippen LogP contribution in [0.2, 0.25) is 0 Å². The van der Waals surface area contributed by atoms with Crippen molar-refractivity contribution in [3.8, 4) is 5.75 Å². The number of rotatable bonds is 3. The number of carbonyl (C=O) groups excluding carboxylic acids is 1. The zero-order chi connectivity index (χ0) is 14.7. The van der Waals surface area contributed by atoms with Gasteiger partial charge in [-0.1, -0.05) is 23.8 Å². The van der Waals surface area contributed by atoms with Gasteiger partial charge in [-0.3, -0.25) is 4.79 Å². The summed E-state index contributed by atoms with van der Waals surface area (Å²) in [4.78, 5) is 14.6. The van der Waals surface area contributed by atoms with E-state index in [4.69, 9.17) is 27.4 Å². The second-order valence-corrected chi connectivity index (χ2v) is 5.19. The third-order valence-corrected chi connectivity index (χ3v) is 3.52. The molecule has 0 aliphatic carbocycles. The third kappa shape index (κ3) is 3.08. The van der Waals surface area contributed by atoms with Gasteiger partial charge in [-0.2, -0.15) is 0 Å². The Hall–Kier alpha value is -1.66. The van der Waals surface area contributed by atoms with Gasteiger partial charge in [0.15, 0.2) is 0 Å². The van der Waals surface area contributed by atoms with E-state index in [0.29, 0.717) is 31.0 Å². The molecule has 1 heterocycles. The summed E-state index contributed by atoms with van der Waals surface area (Å²) in [5.74, 6) is 0.481. The van der Waals surface area contributed by atoms with Gasteiger partial charge in [0.1, 0.15) is 16.8 Å². The second-order valence-electron chi connectivity index (χ2n) is 4.72. The first kappa shape index (κ1) is 14.7. The van der Waals surface area contributed by atoms with Crippen LogP contribution in [0, 0.1) is 6.92 Å². The Morgan fingerprint density at radius 1 is 1.55 bits per heavy atom. The fourth-order valence-corrected chi connectivity index (χ4v) is 2.31. The van der Waals surface area contributed by atoms with Crippen molar-refractivity contribution in [1.82, 2.24) is 4.90 Å². The van der Waals surface area contributed by atoms with Crippen molar-refractivity contribution in [2.45, 2.75) is 13.0 Å². The SMILES string of the molecule is COc1ccc(C)cc1C(=O)N1CCOC(C(N)=S)C1.